The molecule has 1 aliphatic carbocycles. The van der Waals surface area contributed by atoms with Gasteiger partial charge >= 0.3 is 5.71 Å². The average Bonchev–Trinajstić information content (AvgIpc) is 2.29. The number of nitrogens with zero attached hydrogens (tertiary/aromatic N) is 3. The highest BCUT2D eigenvalue weighted by molar-refractivity contribution is 6.01. The third kappa shape index (κ3) is 1.52. The fourth-order valence-electron chi connectivity index (χ4n) is 1.58. The molecular weight excluding hydrogens is 210 g/mol. The summed E-state index contributed by atoms with van der Waals surface area (Å²) in [7, 11) is 0. The van der Waals surface area contributed by atoms with Crippen LogP contribution in [0.3, 0.4) is 0 Å². The number of aliphatic hydroxyl groups excluding tert-OH is 1. The highest BCUT2D eigenvalue weighted by Crippen LogP contribution is 2.28. The lowest BCUT2D eigenvalue weighted by Gasteiger charge is -2.12. The van der Waals surface area contributed by atoms with E-state index in [0.29, 0.717) is 11.1 Å². The third-order valence-corrected chi connectivity index (χ3v) is 2.41. The topological polar surface area (TPSA) is 99.8 Å². The lowest BCUT2D eigenvalue weighted by molar-refractivity contribution is -0.384. The summed E-state index contributed by atoms with van der Waals surface area (Å²) < 4.78 is 0. The number of aliphatic hydroxyl groups is 1. The first-order valence-corrected chi connectivity index (χ1v) is 4.50. The van der Waals surface area contributed by atoms with Gasteiger partial charge in [-0.1, -0.05) is 0 Å². The molecule has 1 aromatic rings. The quantitative estimate of drug-likeness (QED) is 0.332. The molecule has 2 rings (SSSR count). The molecule has 1 aliphatic rings. The zero-order chi connectivity index (χ0) is 11.7. The van der Waals surface area contributed by atoms with Crippen LogP contribution in [0.15, 0.2) is 24.3 Å². The zero-order valence-corrected chi connectivity index (χ0v) is 8.07. The summed E-state index contributed by atoms with van der Waals surface area (Å²) in [6.45, 7) is 0. The maximum atomic E-state index is 10.5. The van der Waals surface area contributed by atoms with Crippen molar-refractivity contribution >= 4 is 17.5 Å². The Morgan fingerprint density at radius 1 is 1.44 bits per heavy atom. The molecule has 0 bridgehead atoms. The van der Waals surface area contributed by atoms with Gasteiger partial charge in [-0.25, -0.2) is 0 Å². The van der Waals surface area contributed by atoms with Gasteiger partial charge in [-0.3, -0.25) is 10.1 Å². The second-order valence-electron chi connectivity index (χ2n) is 3.33. The number of hydrogen-bond acceptors (Lipinski definition) is 3. The minimum absolute atomic E-state index is 0.0417. The van der Waals surface area contributed by atoms with Crippen molar-refractivity contribution in [2.24, 2.45) is 0 Å². The van der Waals surface area contributed by atoms with Crippen LogP contribution in [0.1, 0.15) is 17.2 Å². The summed E-state index contributed by atoms with van der Waals surface area (Å²) in [5, 5.41) is 20.3. The molecule has 80 valence electrons. The fraction of sp³-hybridized carbons (Fsp3) is 0.100. The number of fused-ring (bicyclic) bond motifs is 1. The van der Waals surface area contributed by atoms with Gasteiger partial charge in [-0.15, -0.1) is 0 Å². The molecule has 0 amide bonds. The normalized spacial score (nSPS) is 17.8. The van der Waals surface area contributed by atoms with Crippen molar-refractivity contribution in [1.29, 1.82) is 0 Å². The molecule has 1 atom stereocenters. The van der Waals surface area contributed by atoms with Gasteiger partial charge in [0.25, 0.3) is 5.69 Å². The second kappa shape index (κ2) is 3.69. The Kier molecular flexibility index (Phi) is 2.36. The molecule has 1 unspecified atom stereocenters. The smallest absolute Gasteiger partial charge is 0.324 e. The van der Waals surface area contributed by atoms with Crippen molar-refractivity contribution < 1.29 is 14.8 Å². The molecule has 0 spiro atoms. The monoisotopic (exact) mass is 217 g/mol. The Balaban J connectivity index is 2.56. The van der Waals surface area contributed by atoms with Gasteiger partial charge in [0, 0.05) is 23.8 Å². The number of hydrogen-bond donors (Lipinski definition) is 1. The molecule has 6 heteroatoms. The maximum absolute atomic E-state index is 10.5. The molecule has 0 aliphatic heterocycles. The van der Waals surface area contributed by atoms with Crippen LogP contribution < -0.4 is 0 Å². The van der Waals surface area contributed by atoms with Crippen molar-refractivity contribution in [2.75, 3.05) is 0 Å². The van der Waals surface area contributed by atoms with E-state index in [1.165, 1.54) is 24.3 Å². The second-order valence-corrected chi connectivity index (χ2v) is 3.33. The zero-order valence-electron chi connectivity index (χ0n) is 8.07. The molecule has 0 aromatic heterocycles. The summed E-state index contributed by atoms with van der Waals surface area (Å²) >= 11 is 0. The van der Waals surface area contributed by atoms with Crippen LogP contribution in [0.4, 0.5) is 5.69 Å². The standard InChI is InChI=1S/C10H7N3O3/c11-12-9-4-1-6-5-7(13(15)16)2-3-8(6)10(9)14/h1-5,10,14H. The van der Waals surface area contributed by atoms with E-state index in [0.717, 1.165) is 0 Å². The summed E-state index contributed by atoms with van der Waals surface area (Å²) in [6.07, 6.45) is 1.92. The number of nitro groups is 1. The molecule has 16 heavy (non-hydrogen) atoms. The SMILES string of the molecule is [N-]=[N+]=C1C=Cc2cc([N+](=O)[O-])ccc2C1O. The van der Waals surface area contributed by atoms with Crippen LogP contribution in [-0.4, -0.2) is 20.5 Å². The highest BCUT2D eigenvalue weighted by Gasteiger charge is 2.27. The van der Waals surface area contributed by atoms with Gasteiger partial charge in [0.2, 0.25) is 0 Å². The van der Waals surface area contributed by atoms with E-state index in [-0.39, 0.29) is 11.4 Å². The van der Waals surface area contributed by atoms with Gasteiger partial charge in [0.15, 0.2) is 6.10 Å². The Morgan fingerprint density at radius 2 is 2.19 bits per heavy atom. The molecule has 1 aromatic carbocycles. The first-order chi connectivity index (χ1) is 7.63. The largest absolute Gasteiger partial charge is 0.376 e. The van der Waals surface area contributed by atoms with E-state index >= 15 is 0 Å². The van der Waals surface area contributed by atoms with Crippen molar-refractivity contribution in [2.45, 2.75) is 6.10 Å². The van der Waals surface area contributed by atoms with Crippen LogP contribution in [0.5, 0.6) is 0 Å². The number of nitro benzene ring substituents is 1. The predicted molar refractivity (Wildman–Crippen MR) is 55.7 cm³/mol. The average molecular weight is 217 g/mol. The van der Waals surface area contributed by atoms with Gasteiger partial charge in [0.1, 0.15) is 0 Å². The molecule has 0 radical (unpaired) electrons. The molecule has 6 nitrogen and oxygen atoms in total. The molecule has 0 saturated carbocycles. The Labute approximate surface area is 90.2 Å². The van der Waals surface area contributed by atoms with E-state index in [1.807, 2.05) is 0 Å². The van der Waals surface area contributed by atoms with E-state index in [4.69, 9.17) is 5.53 Å². The summed E-state index contributed by atoms with van der Waals surface area (Å²) in [6, 6.07) is 4.12. The predicted octanol–water partition coefficient (Wildman–Crippen LogP) is 1.33. The van der Waals surface area contributed by atoms with Gasteiger partial charge < -0.3 is 10.6 Å². The first kappa shape index (κ1) is 10.2. The van der Waals surface area contributed by atoms with Crippen LogP contribution >= 0.6 is 0 Å². The highest BCUT2D eigenvalue weighted by atomic mass is 16.6. The van der Waals surface area contributed by atoms with E-state index in [9.17, 15) is 15.2 Å². The van der Waals surface area contributed by atoms with E-state index in [2.05, 4.69) is 4.79 Å². The number of rotatable bonds is 1. The van der Waals surface area contributed by atoms with Gasteiger partial charge in [0.05, 0.1) is 4.92 Å². The molecule has 0 heterocycles. The van der Waals surface area contributed by atoms with Gasteiger partial charge in [-0.05, 0) is 17.7 Å². The van der Waals surface area contributed by atoms with Gasteiger partial charge in [-0.2, -0.15) is 4.79 Å². The maximum Gasteiger partial charge on any atom is 0.324 e. The molecule has 0 fully saturated rings. The molecule has 0 saturated heterocycles. The fourth-order valence-corrected chi connectivity index (χ4v) is 1.58. The minimum Gasteiger partial charge on any atom is -0.376 e. The van der Waals surface area contributed by atoms with Crippen LogP contribution in [-0.2, 0) is 0 Å². The minimum atomic E-state index is -1.05. The lowest BCUT2D eigenvalue weighted by atomic mass is 9.93. The van der Waals surface area contributed by atoms with Crippen molar-refractivity contribution in [3.63, 3.8) is 0 Å². The van der Waals surface area contributed by atoms with Crippen molar-refractivity contribution in [3.8, 4) is 0 Å². The summed E-state index contributed by atoms with van der Waals surface area (Å²) in [4.78, 5) is 13.0. The molecular formula is C10H7N3O3. The molecule has 1 N–H and O–H groups in total. The Morgan fingerprint density at radius 3 is 2.81 bits per heavy atom. The lowest BCUT2D eigenvalue weighted by Crippen LogP contribution is -2.15. The third-order valence-electron chi connectivity index (χ3n) is 2.41. The van der Waals surface area contributed by atoms with Crippen LogP contribution in [0.2, 0.25) is 0 Å². The van der Waals surface area contributed by atoms with Crippen LogP contribution in [0, 0.1) is 10.1 Å². The van der Waals surface area contributed by atoms with E-state index < -0.39 is 11.0 Å². The Bertz CT molecular complexity index is 544. The number of non-ortho nitro benzene ring substituents is 1. The number of benzene rings is 1. The van der Waals surface area contributed by atoms with Crippen LogP contribution in [0.25, 0.3) is 11.6 Å². The van der Waals surface area contributed by atoms with Crippen molar-refractivity contribution in [1.82, 2.24) is 0 Å². The Hall–Kier alpha value is -2.30. The van der Waals surface area contributed by atoms with Crippen molar-refractivity contribution in [3.05, 3.63) is 51.0 Å². The summed E-state index contributed by atoms with van der Waals surface area (Å²) in [5.41, 5.74) is 9.71. The first-order valence-electron chi connectivity index (χ1n) is 4.50. The van der Waals surface area contributed by atoms with E-state index in [1.54, 1.807) is 6.08 Å². The summed E-state index contributed by atoms with van der Waals surface area (Å²) in [5.74, 6) is 0.